The van der Waals surface area contributed by atoms with Gasteiger partial charge in [-0.05, 0) is 111 Å². The Bertz CT molecular complexity index is 1610. The van der Waals surface area contributed by atoms with Gasteiger partial charge in [-0.1, -0.05) is 66.7 Å². The molecule has 0 bridgehead atoms. The van der Waals surface area contributed by atoms with Crippen LogP contribution in [0.5, 0.6) is 0 Å². The van der Waals surface area contributed by atoms with Crippen LogP contribution < -0.4 is 25.1 Å². The first-order valence-corrected chi connectivity index (χ1v) is 16.6. The van der Waals surface area contributed by atoms with Gasteiger partial charge in [-0.15, -0.1) is 0 Å². The number of para-hydroxylation sites is 1. The minimum Gasteiger partial charge on any atom is -0.378 e. The van der Waals surface area contributed by atoms with Crippen LogP contribution in [0.1, 0.15) is 44.4 Å². The predicted octanol–water partition coefficient (Wildman–Crippen LogP) is 8.98. The first-order valence-electron chi connectivity index (χ1n) is 16.6. The van der Waals surface area contributed by atoms with Crippen LogP contribution in [0.15, 0.2) is 127 Å². The summed E-state index contributed by atoms with van der Waals surface area (Å²) in [6, 6.07) is 37.2. The summed E-state index contributed by atoms with van der Waals surface area (Å²) in [6.07, 6.45) is 11.3. The quantitative estimate of drug-likeness (QED) is 0.163. The molecular formula is C41H49N5. The molecule has 0 amide bonds. The SMILES string of the molecule is CCN(CC)c1ccc(C=CC2(c3ccc(N(CC)CC)cc3)C=C(C=Cc3ccc(N(C)C)cc3)NN2c2ccccc2)cc1. The van der Waals surface area contributed by atoms with Gasteiger partial charge in [0.05, 0.1) is 11.4 Å². The van der Waals surface area contributed by atoms with Crippen molar-refractivity contribution < 1.29 is 0 Å². The number of benzene rings is 4. The molecule has 238 valence electrons. The highest BCUT2D eigenvalue weighted by molar-refractivity contribution is 5.67. The molecule has 0 saturated carbocycles. The van der Waals surface area contributed by atoms with Gasteiger partial charge >= 0.3 is 0 Å². The Balaban J connectivity index is 1.60. The lowest BCUT2D eigenvalue weighted by atomic mass is 9.87. The molecule has 0 aliphatic carbocycles. The molecule has 1 heterocycles. The maximum absolute atomic E-state index is 3.76. The number of hydrogen-bond donors (Lipinski definition) is 1. The summed E-state index contributed by atoms with van der Waals surface area (Å²) in [6.45, 7) is 12.8. The zero-order valence-electron chi connectivity index (χ0n) is 28.3. The van der Waals surface area contributed by atoms with Crippen molar-refractivity contribution in [1.82, 2.24) is 5.43 Å². The molecule has 1 N–H and O–H groups in total. The third-order valence-electron chi connectivity index (χ3n) is 8.88. The molecule has 4 aromatic carbocycles. The van der Waals surface area contributed by atoms with Crippen LogP contribution in [0.25, 0.3) is 12.2 Å². The number of nitrogens with zero attached hydrogens (tertiary/aromatic N) is 4. The van der Waals surface area contributed by atoms with Crippen LogP contribution in [-0.4, -0.2) is 40.3 Å². The van der Waals surface area contributed by atoms with Crippen molar-refractivity contribution in [3.8, 4) is 0 Å². The van der Waals surface area contributed by atoms with Gasteiger partial charge in [0.2, 0.25) is 0 Å². The van der Waals surface area contributed by atoms with Crippen LogP contribution in [0.3, 0.4) is 0 Å². The summed E-state index contributed by atoms with van der Waals surface area (Å²) in [4.78, 5) is 6.88. The minimum absolute atomic E-state index is 0.574. The number of rotatable bonds is 13. The number of allylic oxidation sites excluding steroid dienone is 1. The Morgan fingerprint density at radius 3 is 1.61 bits per heavy atom. The van der Waals surface area contributed by atoms with E-state index in [1.165, 1.54) is 28.2 Å². The molecule has 4 aromatic rings. The lowest BCUT2D eigenvalue weighted by Crippen LogP contribution is -2.46. The second-order valence-electron chi connectivity index (χ2n) is 11.8. The second kappa shape index (κ2) is 14.9. The lowest BCUT2D eigenvalue weighted by molar-refractivity contribution is 0.598. The highest BCUT2D eigenvalue weighted by Gasteiger charge is 2.40. The Kier molecular flexibility index (Phi) is 10.5. The number of hydrazine groups is 1. The van der Waals surface area contributed by atoms with Crippen molar-refractivity contribution in [2.75, 3.05) is 60.0 Å². The van der Waals surface area contributed by atoms with Gasteiger partial charge in [-0.25, -0.2) is 0 Å². The van der Waals surface area contributed by atoms with Crippen molar-refractivity contribution >= 4 is 34.9 Å². The largest absolute Gasteiger partial charge is 0.378 e. The first kappa shape index (κ1) is 32.5. The maximum atomic E-state index is 3.76. The van der Waals surface area contributed by atoms with Crippen molar-refractivity contribution in [2.45, 2.75) is 33.2 Å². The van der Waals surface area contributed by atoms with Gasteiger partial charge in [-0.3, -0.25) is 10.4 Å². The molecule has 1 aliphatic heterocycles. The molecular weight excluding hydrogens is 562 g/mol. The van der Waals surface area contributed by atoms with Crippen LogP contribution in [0.2, 0.25) is 0 Å². The molecule has 46 heavy (non-hydrogen) atoms. The summed E-state index contributed by atoms with van der Waals surface area (Å²) in [7, 11) is 4.13. The predicted molar refractivity (Wildman–Crippen MR) is 201 cm³/mol. The van der Waals surface area contributed by atoms with Crippen molar-refractivity contribution in [2.24, 2.45) is 0 Å². The Morgan fingerprint density at radius 1 is 0.587 bits per heavy atom. The van der Waals surface area contributed by atoms with Gasteiger partial charge in [-0.2, -0.15) is 0 Å². The van der Waals surface area contributed by atoms with Crippen LogP contribution >= 0.6 is 0 Å². The molecule has 0 saturated heterocycles. The fourth-order valence-corrected chi connectivity index (χ4v) is 6.13. The van der Waals surface area contributed by atoms with Crippen molar-refractivity contribution in [1.29, 1.82) is 0 Å². The highest BCUT2D eigenvalue weighted by Crippen LogP contribution is 2.41. The van der Waals surface area contributed by atoms with Gasteiger partial charge < -0.3 is 14.7 Å². The summed E-state index contributed by atoms with van der Waals surface area (Å²) >= 11 is 0. The van der Waals surface area contributed by atoms with Crippen LogP contribution in [0, 0.1) is 0 Å². The van der Waals surface area contributed by atoms with Gasteiger partial charge in [0.1, 0.15) is 5.54 Å². The summed E-state index contributed by atoms with van der Waals surface area (Å²) in [5, 5.41) is 2.29. The van der Waals surface area contributed by atoms with Crippen molar-refractivity contribution in [3.63, 3.8) is 0 Å². The average Bonchev–Trinajstić information content (AvgIpc) is 3.48. The molecule has 5 nitrogen and oxygen atoms in total. The Morgan fingerprint density at radius 2 is 1.09 bits per heavy atom. The van der Waals surface area contributed by atoms with Crippen LogP contribution in [-0.2, 0) is 5.54 Å². The Hall–Kier alpha value is -4.90. The first-order chi connectivity index (χ1) is 22.4. The fraction of sp³-hybridized carbons (Fsp3) is 0.268. The average molecular weight is 612 g/mol. The van der Waals surface area contributed by atoms with E-state index in [0.717, 1.165) is 43.1 Å². The third kappa shape index (κ3) is 7.15. The van der Waals surface area contributed by atoms with E-state index in [1.807, 2.05) is 0 Å². The second-order valence-corrected chi connectivity index (χ2v) is 11.8. The molecule has 1 aliphatic rings. The molecule has 0 fully saturated rings. The Labute approximate surface area is 276 Å². The molecule has 5 heteroatoms. The normalized spacial score (nSPS) is 16.1. The fourth-order valence-electron chi connectivity index (χ4n) is 6.13. The van der Waals surface area contributed by atoms with E-state index in [0.29, 0.717) is 0 Å². The third-order valence-corrected chi connectivity index (χ3v) is 8.88. The minimum atomic E-state index is -0.574. The van der Waals surface area contributed by atoms with E-state index in [9.17, 15) is 0 Å². The topological polar surface area (TPSA) is 25.0 Å². The summed E-state index contributed by atoms with van der Waals surface area (Å²) in [5.74, 6) is 0. The van der Waals surface area contributed by atoms with Crippen LogP contribution in [0.4, 0.5) is 22.7 Å². The lowest BCUT2D eigenvalue weighted by Gasteiger charge is -2.37. The standard InChI is InChI=1S/C41H49N5/c1-7-44(8-2)38-26-19-34(20-27-38)30-31-41(35-21-28-39(29-22-35)45(9-3)10-4)32-36(42-46(41)40-14-12-11-13-15-40)23-16-33-17-24-37(25-18-33)43(5)6/h11-32,42H,7-10H2,1-6H3. The zero-order chi connectivity index (χ0) is 32.5. The van der Waals surface area contributed by atoms with E-state index >= 15 is 0 Å². The molecule has 0 radical (unpaired) electrons. The number of hydrogen-bond acceptors (Lipinski definition) is 5. The highest BCUT2D eigenvalue weighted by atomic mass is 15.6. The van der Waals surface area contributed by atoms with E-state index < -0.39 is 5.54 Å². The monoisotopic (exact) mass is 611 g/mol. The summed E-state index contributed by atoms with van der Waals surface area (Å²) in [5.41, 5.74) is 12.5. The summed E-state index contributed by atoms with van der Waals surface area (Å²) < 4.78 is 0. The molecule has 1 atom stereocenters. The molecule has 1 unspecified atom stereocenters. The van der Waals surface area contributed by atoms with E-state index in [-0.39, 0.29) is 0 Å². The van der Waals surface area contributed by atoms with Crippen molar-refractivity contribution in [3.05, 3.63) is 144 Å². The van der Waals surface area contributed by atoms with E-state index in [1.54, 1.807) is 0 Å². The molecule has 5 rings (SSSR count). The van der Waals surface area contributed by atoms with Gasteiger partial charge in [0.15, 0.2) is 0 Å². The van der Waals surface area contributed by atoms with E-state index in [2.05, 4.69) is 200 Å². The zero-order valence-corrected chi connectivity index (χ0v) is 28.3. The molecule has 0 spiro atoms. The smallest absolute Gasteiger partial charge is 0.125 e. The van der Waals surface area contributed by atoms with Gasteiger partial charge in [0, 0.05) is 57.3 Å². The number of nitrogens with one attached hydrogen (secondary N) is 1. The maximum Gasteiger partial charge on any atom is 0.125 e. The van der Waals surface area contributed by atoms with E-state index in [4.69, 9.17) is 0 Å². The number of anilines is 4. The molecule has 0 aromatic heterocycles. The van der Waals surface area contributed by atoms with Gasteiger partial charge in [0.25, 0.3) is 0 Å².